The summed E-state index contributed by atoms with van der Waals surface area (Å²) in [5, 5.41) is 6.38. The average molecular weight is 253 g/mol. The Balaban J connectivity index is 1.66. The van der Waals surface area contributed by atoms with Gasteiger partial charge in [-0.3, -0.25) is 4.79 Å². The van der Waals surface area contributed by atoms with Gasteiger partial charge in [-0.05, 0) is 46.2 Å². The maximum atomic E-state index is 12.1. The first-order valence-electron chi connectivity index (χ1n) is 7.35. The van der Waals surface area contributed by atoms with E-state index in [9.17, 15) is 4.79 Å². The Kier molecular flexibility index (Phi) is 4.62. The summed E-state index contributed by atoms with van der Waals surface area (Å²) >= 11 is 0. The predicted molar refractivity (Wildman–Crippen MR) is 73.5 cm³/mol. The molecule has 1 aliphatic carbocycles. The molecule has 1 saturated carbocycles. The van der Waals surface area contributed by atoms with E-state index in [1.165, 1.54) is 25.7 Å². The molecule has 4 nitrogen and oxygen atoms in total. The third-order valence-electron chi connectivity index (χ3n) is 4.57. The van der Waals surface area contributed by atoms with E-state index in [0.29, 0.717) is 0 Å². The third kappa shape index (κ3) is 3.23. The van der Waals surface area contributed by atoms with Gasteiger partial charge in [-0.1, -0.05) is 12.8 Å². The molecule has 1 saturated heterocycles. The van der Waals surface area contributed by atoms with Crippen LogP contribution in [0.4, 0.5) is 0 Å². The zero-order valence-electron chi connectivity index (χ0n) is 11.8. The highest BCUT2D eigenvalue weighted by molar-refractivity contribution is 5.86. The molecule has 1 amide bonds. The van der Waals surface area contributed by atoms with E-state index in [1.807, 2.05) is 6.92 Å². The zero-order valence-corrected chi connectivity index (χ0v) is 11.8. The van der Waals surface area contributed by atoms with Crippen molar-refractivity contribution in [3.8, 4) is 0 Å². The number of carbonyl (C=O) groups is 1. The molecule has 0 aromatic carbocycles. The minimum Gasteiger partial charge on any atom is -0.353 e. The molecule has 1 heterocycles. The lowest BCUT2D eigenvalue weighted by Crippen LogP contribution is -2.52. The van der Waals surface area contributed by atoms with E-state index in [4.69, 9.17) is 0 Å². The molecule has 1 atom stereocenters. The molecule has 0 aromatic rings. The Morgan fingerprint density at radius 2 is 2.11 bits per heavy atom. The van der Waals surface area contributed by atoms with Crippen LogP contribution in [0.1, 0.15) is 45.4 Å². The Labute approximate surface area is 110 Å². The standard InChI is InChI=1S/C14H27N3O/c1-14(8-5-9-16-14)13(18)15-10-11-17(2)12-6-3-4-7-12/h12,16H,3-11H2,1-2H3,(H,15,18). The van der Waals surface area contributed by atoms with Crippen molar-refractivity contribution in [1.82, 2.24) is 15.5 Å². The number of carbonyl (C=O) groups excluding carboxylic acids is 1. The molecule has 104 valence electrons. The fourth-order valence-electron chi connectivity index (χ4n) is 3.16. The van der Waals surface area contributed by atoms with E-state index in [0.717, 1.165) is 38.5 Å². The molecule has 2 aliphatic rings. The minimum absolute atomic E-state index is 0.167. The molecule has 2 N–H and O–H groups in total. The summed E-state index contributed by atoms with van der Waals surface area (Å²) in [5.74, 6) is 0.167. The van der Waals surface area contributed by atoms with Crippen LogP contribution in [0.25, 0.3) is 0 Å². The first-order chi connectivity index (χ1) is 8.62. The number of rotatable bonds is 5. The number of nitrogens with zero attached hydrogens (tertiary/aromatic N) is 1. The quantitative estimate of drug-likeness (QED) is 0.772. The lowest BCUT2D eigenvalue weighted by Gasteiger charge is -2.26. The van der Waals surface area contributed by atoms with Crippen LogP contribution in [0.2, 0.25) is 0 Å². The topological polar surface area (TPSA) is 44.4 Å². The van der Waals surface area contributed by atoms with Crippen LogP contribution in [0.3, 0.4) is 0 Å². The van der Waals surface area contributed by atoms with Crippen molar-refractivity contribution in [1.29, 1.82) is 0 Å². The lowest BCUT2D eigenvalue weighted by molar-refractivity contribution is -0.126. The summed E-state index contributed by atoms with van der Waals surface area (Å²) in [6.07, 6.45) is 7.43. The summed E-state index contributed by atoms with van der Waals surface area (Å²) in [4.78, 5) is 14.5. The van der Waals surface area contributed by atoms with E-state index >= 15 is 0 Å². The Morgan fingerprint density at radius 1 is 1.39 bits per heavy atom. The SMILES string of the molecule is CN(CCNC(=O)C1(C)CCCN1)C1CCCC1. The molecule has 4 heteroatoms. The zero-order chi connectivity index (χ0) is 13.0. The summed E-state index contributed by atoms with van der Waals surface area (Å²) in [6, 6.07) is 0.738. The maximum absolute atomic E-state index is 12.1. The van der Waals surface area contributed by atoms with Gasteiger partial charge in [-0.15, -0.1) is 0 Å². The molecular weight excluding hydrogens is 226 g/mol. The van der Waals surface area contributed by atoms with Gasteiger partial charge in [0.05, 0.1) is 5.54 Å². The van der Waals surface area contributed by atoms with Crippen LogP contribution in [-0.2, 0) is 4.79 Å². The second kappa shape index (κ2) is 6.02. The highest BCUT2D eigenvalue weighted by atomic mass is 16.2. The van der Waals surface area contributed by atoms with Gasteiger partial charge in [-0.2, -0.15) is 0 Å². The van der Waals surface area contributed by atoms with Crippen LogP contribution in [0, 0.1) is 0 Å². The largest absolute Gasteiger partial charge is 0.353 e. The van der Waals surface area contributed by atoms with E-state index < -0.39 is 0 Å². The third-order valence-corrected chi connectivity index (χ3v) is 4.57. The highest BCUT2D eigenvalue weighted by Gasteiger charge is 2.35. The molecule has 1 unspecified atom stereocenters. The molecule has 0 radical (unpaired) electrons. The summed E-state index contributed by atoms with van der Waals surface area (Å²) in [6.45, 7) is 4.71. The van der Waals surface area contributed by atoms with Crippen molar-refractivity contribution in [2.45, 2.75) is 57.0 Å². The van der Waals surface area contributed by atoms with Gasteiger partial charge in [0, 0.05) is 19.1 Å². The molecule has 0 bridgehead atoms. The minimum atomic E-state index is -0.327. The first kappa shape index (κ1) is 13.8. The van der Waals surface area contributed by atoms with Gasteiger partial charge in [0.1, 0.15) is 0 Å². The molecule has 2 fully saturated rings. The smallest absolute Gasteiger partial charge is 0.240 e. The van der Waals surface area contributed by atoms with Crippen LogP contribution >= 0.6 is 0 Å². The monoisotopic (exact) mass is 253 g/mol. The number of amides is 1. The van der Waals surface area contributed by atoms with Crippen molar-refractivity contribution in [2.24, 2.45) is 0 Å². The fraction of sp³-hybridized carbons (Fsp3) is 0.929. The van der Waals surface area contributed by atoms with Crippen LogP contribution < -0.4 is 10.6 Å². The number of nitrogens with one attached hydrogen (secondary N) is 2. The first-order valence-corrected chi connectivity index (χ1v) is 7.35. The second-order valence-corrected chi connectivity index (χ2v) is 6.04. The fourth-order valence-corrected chi connectivity index (χ4v) is 3.16. The van der Waals surface area contributed by atoms with Crippen LogP contribution in [-0.4, -0.2) is 49.1 Å². The van der Waals surface area contributed by atoms with Gasteiger partial charge < -0.3 is 15.5 Å². The molecule has 18 heavy (non-hydrogen) atoms. The summed E-state index contributed by atoms with van der Waals surface area (Å²) in [5.41, 5.74) is -0.327. The molecule has 0 aromatic heterocycles. The highest BCUT2D eigenvalue weighted by Crippen LogP contribution is 2.22. The predicted octanol–water partition coefficient (Wildman–Crippen LogP) is 1.12. The van der Waals surface area contributed by atoms with Crippen LogP contribution in [0.5, 0.6) is 0 Å². The Morgan fingerprint density at radius 3 is 2.72 bits per heavy atom. The van der Waals surface area contributed by atoms with Crippen molar-refractivity contribution in [3.63, 3.8) is 0 Å². The number of likely N-dealkylation sites (N-methyl/N-ethyl adjacent to an activating group) is 1. The molecule has 0 spiro atoms. The van der Waals surface area contributed by atoms with Crippen molar-refractivity contribution >= 4 is 5.91 Å². The Bertz CT molecular complexity index is 281. The van der Waals surface area contributed by atoms with E-state index in [1.54, 1.807) is 0 Å². The molecule has 1 aliphatic heterocycles. The second-order valence-electron chi connectivity index (χ2n) is 6.04. The normalized spacial score (nSPS) is 29.1. The van der Waals surface area contributed by atoms with Gasteiger partial charge in [0.25, 0.3) is 0 Å². The number of hydrogen-bond donors (Lipinski definition) is 2. The van der Waals surface area contributed by atoms with Crippen molar-refractivity contribution in [2.75, 3.05) is 26.7 Å². The summed E-state index contributed by atoms with van der Waals surface area (Å²) in [7, 11) is 2.18. The van der Waals surface area contributed by atoms with Crippen molar-refractivity contribution < 1.29 is 4.79 Å². The van der Waals surface area contributed by atoms with Gasteiger partial charge in [0.15, 0.2) is 0 Å². The van der Waals surface area contributed by atoms with Gasteiger partial charge >= 0.3 is 0 Å². The Hall–Kier alpha value is -0.610. The average Bonchev–Trinajstić information content (AvgIpc) is 3.00. The van der Waals surface area contributed by atoms with Crippen LogP contribution in [0.15, 0.2) is 0 Å². The summed E-state index contributed by atoms with van der Waals surface area (Å²) < 4.78 is 0. The van der Waals surface area contributed by atoms with E-state index in [2.05, 4.69) is 22.6 Å². The van der Waals surface area contributed by atoms with Crippen molar-refractivity contribution in [3.05, 3.63) is 0 Å². The molecule has 2 rings (SSSR count). The van der Waals surface area contributed by atoms with Gasteiger partial charge in [0.2, 0.25) is 5.91 Å². The van der Waals surface area contributed by atoms with Gasteiger partial charge in [-0.25, -0.2) is 0 Å². The lowest BCUT2D eigenvalue weighted by atomic mass is 9.99. The maximum Gasteiger partial charge on any atom is 0.240 e. The van der Waals surface area contributed by atoms with E-state index in [-0.39, 0.29) is 11.4 Å². The number of hydrogen-bond acceptors (Lipinski definition) is 3. The molecular formula is C14H27N3O.